The summed E-state index contributed by atoms with van der Waals surface area (Å²) < 4.78 is 5.24. The molecule has 1 N–H and O–H groups in total. The Labute approximate surface area is 149 Å². The lowest BCUT2D eigenvalue weighted by Crippen LogP contribution is -2.37. The molecule has 0 radical (unpaired) electrons. The van der Waals surface area contributed by atoms with Gasteiger partial charge in [-0.15, -0.1) is 0 Å². The summed E-state index contributed by atoms with van der Waals surface area (Å²) in [7, 11) is 1.64. The molecule has 1 aliphatic rings. The van der Waals surface area contributed by atoms with E-state index in [0.29, 0.717) is 12.1 Å². The summed E-state index contributed by atoms with van der Waals surface area (Å²) in [5.41, 5.74) is 2.38. The van der Waals surface area contributed by atoms with Gasteiger partial charge in [0.15, 0.2) is 0 Å². The van der Waals surface area contributed by atoms with Crippen LogP contribution in [0.5, 0.6) is 5.75 Å². The molecule has 1 aliphatic heterocycles. The SMILES string of the molecule is COc1cccc(-c2ccc(C(=O)NCCN3CCCCC3)cn2)c1. The molecule has 2 aromatic rings. The molecule has 2 heterocycles. The normalized spacial score (nSPS) is 14.9. The molecule has 0 spiro atoms. The molecular formula is C20H25N3O2. The minimum atomic E-state index is -0.0679. The van der Waals surface area contributed by atoms with Crippen molar-refractivity contribution in [3.63, 3.8) is 0 Å². The Morgan fingerprint density at radius 3 is 2.76 bits per heavy atom. The van der Waals surface area contributed by atoms with E-state index in [1.54, 1.807) is 13.3 Å². The first-order chi connectivity index (χ1) is 12.3. The average Bonchev–Trinajstić information content (AvgIpc) is 2.69. The van der Waals surface area contributed by atoms with Crippen molar-refractivity contribution in [1.82, 2.24) is 15.2 Å². The number of hydrogen-bond acceptors (Lipinski definition) is 4. The van der Waals surface area contributed by atoms with Gasteiger partial charge < -0.3 is 15.0 Å². The first-order valence-electron chi connectivity index (χ1n) is 8.87. The molecule has 0 bridgehead atoms. The van der Waals surface area contributed by atoms with E-state index < -0.39 is 0 Å². The Balaban J connectivity index is 1.54. The highest BCUT2D eigenvalue weighted by Crippen LogP contribution is 2.22. The van der Waals surface area contributed by atoms with Crippen molar-refractivity contribution in [2.75, 3.05) is 33.3 Å². The third-order valence-corrected chi connectivity index (χ3v) is 4.55. The molecule has 0 atom stereocenters. The Hall–Kier alpha value is -2.40. The zero-order chi connectivity index (χ0) is 17.5. The van der Waals surface area contributed by atoms with Gasteiger partial charge in [-0.3, -0.25) is 9.78 Å². The highest BCUT2D eigenvalue weighted by molar-refractivity contribution is 5.94. The maximum absolute atomic E-state index is 12.2. The molecule has 132 valence electrons. The van der Waals surface area contributed by atoms with Crippen molar-refractivity contribution in [2.24, 2.45) is 0 Å². The van der Waals surface area contributed by atoms with Crippen molar-refractivity contribution < 1.29 is 9.53 Å². The third-order valence-electron chi connectivity index (χ3n) is 4.55. The van der Waals surface area contributed by atoms with Gasteiger partial charge in [0.25, 0.3) is 5.91 Å². The van der Waals surface area contributed by atoms with Crippen LogP contribution in [0.15, 0.2) is 42.6 Å². The van der Waals surface area contributed by atoms with Crippen molar-refractivity contribution in [3.8, 4) is 17.0 Å². The van der Waals surface area contributed by atoms with Crippen LogP contribution >= 0.6 is 0 Å². The predicted molar refractivity (Wildman–Crippen MR) is 98.8 cm³/mol. The quantitative estimate of drug-likeness (QED) is 0.879. The zero-order valence-electron chi connectivity index (χ0n) is 14.7. The van der Waals surface area contributed by atoms with Gasteiger partial charge in [0.2, 0.25) is 0 Å². The van der Waals surface area contributed by atoms with Gasteiger partial charge in [0, 0.05) is 24.8 Å². The van der Waals surface area contributed by atoms with Gasteiger partial charge in [0.05, 0.1) is 18.4 Å². The molecule has 1 fully saturated rings. The molecule has 5 heteroatoms. The molecule has 1 aromatic carbocycles. The number of aromatic nitrogens is 1. The molecule has 25 heavy (non-hydrogen) atoms. The second-order valence-electron chi connectivity index (χ2n) is 6.32. The first-order valence-corrected chi connectivity index (χ1v) is 8.87. The number of amides is 1. The highest BCUT2D eigenvalue weighted by atomic mass is 16.5. The van der Waals surface area contributed by atoms with E-state index in [-0.39, 0.29) is 5.91 Å². The molecule has 3 rings (SSSR count). The number of nitrogens with zero attached hydrogens (tertiary/aromatic N) is 2. The summed E-state index contributed by atoms with van der Waals surface area (Å²) in [6, 6.07) is 11.4. The molecule has 1 amide bonds. The summed E-state index contributed by atoms with van der Waals surface area (Å²) in [5.74, 6) is 0.723. The Morgan fingerprint density at radius 1 is 1.20 bits per heavy atom. The molecule has 1 saturated heterocycles. The van der Waals surface area contributed by atoms with Gasteiger partial charge >= 0.3 is 0 Å². The number of benzene rings is 1. The van der Waals surface area contributed by atoms with Crippen molar-refractivity contribution in [1.29, 1.82) is 0 Å². The van der Waals surface area contributed by atoms with E-state index in [0.717, 1.165) is 36.6 Å². The van der Waals surface area contributed by atoms with Crippen LogP contribution in [0.1, 0.15) is 29.6 Å². The van der Waals surface area contributed by atoms with Crippen LogP contribution in [-0.4, -0.2) is 49.1 Å². The smallest absolute Gasteiger partial charge is 0.252 e. The third kappa shape index (κ3) is 4.79. The van der Waals surface area contributed by atoms with Gasteiger partial charge in [0.1, 0.15) is 5.75 Å². The van der Waals surface area contributed by atoms with Gasteiger partial charge in [-0.1, -0.05) is 18.6 Å². The summed E-state index contributed by atoms with van der Waals surface area (Å²) >= 11 is 0. The minimum Gasteiger partial charge on any atom is -0.497 e. The van der Waals surface area contributed by atoms with E-state index in [1.165, 1.54) is 19.3 Å². The highest BCUT2D eigenvalue weighted by Gasteiger charge is 2.11. The lowest BCUT2D eigenvalue weighted by molar-refractivity contribution is 0.0946. The fourth-order valence-electron chi connectivity index (χ4n) is 3.09. The van der Waals surface area contributed by atoms with Gasteiger partial charge in [-0.25, -0.2) is 0 Å². The summed E-state index contributed by atoms with van der Waals surface area (Å²) in [4.78, 5) is 19.1. The number of carbonyl (C=O) groups excluding carboxylic acids is 1. The monoisotopic (exact) mass is 339 g/mol. The molecule has 1 aromatic heterocycles. The van der Waals surface area contributed by atoms with E-state index in [1.807, 2.05) is 36.4 Å². The summed E-state index contributed by atoms with van der Waals surface area (Å²) in [6.45, 7) is 3.89. The first kappa shape index (κ1) is 17.4. The fraction of sp³-hybridized carbons (Fsp3) is 0.400. The van der Waals surface area contributed by atoms with Crippen LogP contribution in [0, 0.1) is 0 Å². The maximum atomic E-state index is 12.2. The second kappa shape index (κ2) is 8.62. The van der Waals surface area contributed by atoms with Crippen LogP contribution in [0.2, 0.25) is 0 Å². The van der Waals surface area contributed by atoms with Crippen molar-refractivity contribution >= 4 is 5.91 Å². The predicted octanol–water partition coefficient (Wildman–Crippen LogP) is 2.97. The molecule has 0 aliphatic carbocycles. The molecular weight excluding hydrogens is 314 g/mol. The van der Waals surface area contributed by atoms with Gasteiger partial charge in [-0.2, -0.15) is 0 Å². The molecule has 0 saturated carbocycles. The molecule has 0 unspecified atom stereocenters. The number of piperidine rings is 1. The lowest BCUT2D eigenvalue weighted by atomic mass is 10.1. The Morgan fingerprint density at radius 2 is 2.04 bits per heavy atom. The number of hydrogen-bond donors (Lipinski definition) is 1. The lowest BCUT2D eigenvalue weighted by Gasteiger charge is -2.26. The number of carbonyl (C=O) groups is 1. The van der Waals surface area contributed by atoms with Crippen LogP contribution in [0.4, 0.5) is 0 Å². The average molecular weight is 339 g/mol. The topological polar surface area (TPSA) is 54.5 Å². The summed E-state index contributed by atoms with van der Waals surface area (Å²) in [6.07, 6.45) is 5.49. The van der Waals surface area contributed by atoms with Crippen LogP contribution in [0.25, 0.3) is 11.3 Å². The maximum Gasteiger partial charge on any atom is 0.252 e. The summed E-state index contributed by atoms with van der Waals surface area (Å²) in [5, 5.41) is 2.98. The largest absolute Gasteiger partial charge is 0.497 e. The standard InChI is InChI=1S/C20H25N3O2/c1-25-18-7-5-6-16(14-18)19-9-8-17(15-22-19)20(24)21-10-13-23-11-3-2-4-12-23/h5-9,14-15H,2-4,10-13H2,1H3,(H,21,24). The van der Waals surface area contributed by atoms with Crippen molar-refractivity contribution in [2.45, 2.75) is 19.3 Å². The second-order valence-corrected chi connectivity index (χ2v) is 6.32. The van der Waals surface area contributed by atoms with Crippen LogP contribution in [0.3, 0.4) is 0 Å². The van der Waals surface area contributed by atoms with E-state index in [2.05, 4.69) is 15.2 Å². The minimum absolute atomic E-state index is 0.0679. The Kier molecular flexibility index (Phi) is 6.01. The number of pyridine rings is 1. The van der Waals surface area contributed by atoms with E-state index >= 15 is 0 Å². The van der Waals surface area contributed by atoms with E-state index in [4.69, 9.17) is 4.74 Å². The van der Waals surface area contributed by atoms with Crippen LogP contribution < -0.4 is 10.1 Å². The van der Waals surface area contributed by atoms with Crippen LogP contribution in [-0.2, 0) is 0 Å². The molecule has 5 nitrogen and oxygen atoms in total. The van der Waals surface area contributed by atoms with Crippen molar-refractivity contribution in [3.05, 3.63) is 48.2 Å². The van der Waals surface area contributed by atoms with Gasteiger partial charge in [-0.05, 0) is 50.2 Å². The number of nitrogens with one attached hydrogen (secondary N) is 1. The fourth-order valence-corrected chi connectivity index (χ4v) is 3.09. The zero-order valence-corrected chi connectivity index (χ0v) is 14.7. The number of rotatable bonds is 6. The Bertz CT molecular complexity index is 694. The number of likely N-dealkylation sites (tertiary alicyclic amines) is 1. The number of methoxy groups -OCH3 is 1. The number of ether oxygens (including phenoxy) is 1. The van der Waals surface area contributed by atoms with E-state index in [9.17, 15) is 4.79 Å².